The van der Waals surface area contributed by atoms with Gasteiger partial charge in [-0.3, -0.25) is 4.57 Å². The molecule has 0 unspecified atom stereocenters. The molecule has 0 amide bonds. The van der Waals surface area contributed by atoms with Crippen molar-refractivity contribution in [1.29, 1.82) is 0 Å². The van der Waals surface area contributed by atoms with E-state index < -0.39 is 0 Å². The highest BCUT2D eigenvalue weighted by molar-refractivity contribution is 6.21. The minimum absolute atomic E-state index is 0.519. The summed E-state index contributed by atoms with van der Waals surface area (Å²) in [5.41, 5.74) is 7.01. The topological polar surface area (TPSA) is 56.5 Å². The van der Waals surface area contributed by atoms with E-state index in [1.54, 1.807) is 0 Å². The Hall–Kier alpha value is -6.98. The van der Waals surface area contributed by atoms with Gasteiger partial charge in [0.25, 0.3) is 0 Å². The van der Waals surface area contributed by atoms with Crippen LogP contribution in [0.25, 0.3) is 94.6 Å². The van der Waals surface area contributed by atoms with Gasteiger partial charge in [-0.15, -0.1) is 0 Å². The maximum atomic E-state index is 5.30. The molecule has 0 radical (unpaired) electrons. The molecule has 3 aromatic heterocycles. The summed E-state index contributed by atoms with van der Waals surface area (Å²) >= 11 is 0. The van der Waals surface area contributed by atoms with Crippen LogP contribution in [0.4, 0.5) is 0 Å². The number of nitrogens with zero attached hydrogens (tertiary/aromatic N) is 5. The maximum Gasteiger partial charge on any atom is 0.182 e. The Morgan fingerprint density at radius 3 is 1.80 bits per heavy atom. The first-order valence-corrected chi connectivity index (χ1v) is 17.1. The van der Waals surface area contributed by atoms with E-state index in [0.29, 0.717) is 23.2 Å². The summed E-state index contributed by atoms with van der Waals surface area (Å²) in [5.74, 6) is 2.52. The molecule has 7 aromatic carbocycles. The van der Waals surface area contributed by atoms with Crippen LogP contribution in [-0.2, 0) is 0 Å². The molecular formula is C46H29N5. The van der Waals surface area contributed by atoms with Gasteiger partial charge in [0.05, 0.1) is 11.0 Å². The Morgan fingerprint density at radius 1 is 0.333 bits per heavy atom. The van der Waals surface area contributed by atoms with Crippen LogP contribution >= 0.6 is 0 Å². The minimum atomic E-state index is 0.519. The van der Waals surface area contributed by atoms with Crippen LogP contribution in [0, 0.1) is 0 Å². The normalized spacial score (nSPS) is 11.5. The summed E-state index contributed by atoms with van der Waals surface area (Å²) in [6, 6.07) is 61.1. The van der Waals surface area contributed by atoms with E-state index in [1.807, 2.05) is 42.5 Å². The Kier molecular flexibility index (Phi) is 6.74. The number of fused-ring (bicyclic) bond motifs is 6. The van der Waals surface area contributed by atoms with E-state index in [-0.39, 0.29) is 0 Å². The molecule has 51 heavy (non-hydrogen) atoms. The lowest BCUT2D eigenvalue weighted by molar-refractivity contribution is 1.03. The van der Waals surface area contributed by atoms with Crippen molar-refractivity contribution in [3.8, 4) is 51.2 Å². The summed E-state index contributed by atoms with van der Waals surface area (Å²) < 4.78 is 2.27. The molecular weight excluding hydrogens is 623 g/mol. The van der Waals surface area contributed by atoms with E-state index >= 15 is 0 Å². The van der Waals surface area contributed by atoms with Crippen molar-refractivity contribution < 1.29 is 0 Å². The third-order valence-corrected chi connectivity index (χ3v) is 9.63. The summed E-state index contributed by atoms with van der Waals surface area (Å²) in [5, 5.41) is 7.11. The maximum absolute atomic E-state index is 5.30. The first kappa shape index (κ1) is 29.0. The van der Waals surface area contributed by atoms with Crippen molar-refractivity contribution in [3.05, 3.63) is 176 Å². The lowest BCUT2D eigenvalue weighted by atomic mass is 10.0. The van der Waals surface area contributed by atoms with Gasteiger partial charge in [-0.05, 0) is 63.0 Å². The van der Waals surface area contributed by atoms with Crippen molar-refractivity contribution in [2.24, 2.45) is 0 Å². The molecule has 0 aliphatic rings. The molecule has 238 valence electrons. The van der Waals surface area contributed by atoms with Gasteiger partial charge in [0.2, 0.25) is 0 Å². The standard InChI is InChI=1S/C46H29N5/c1-3-12-30(13-4-1)35-24-26-38-41(29-35)51(40-27-25-32-15-9-10-19-37(32)43(38)40)42-21-11-20-39(47-42)46-49-44(33-16-5-2-6-17-33)48-45(50-46)36-23-22-31-14-7-8-18-34(31)28-36/h1-29H. The molecule has 5 nitrogen and oxygen atoms in total. The van der Waals surface area contributed by atoms with Crippen molar-refractivity contribution >= 4 is 43.4 Å². The zero-order valence-corrected chi connectivity index (χ0v) is 27.5. The van der Waals surface area contributed by atoms with Crippen LogP contribution in [0.5, 0.6) is 0 Å². The fourth-order valence-corrected chi connectivity index (χ4v) is 7.18. The number of hydrogen-bond acceptors (Lipinski definition) is 4. The molecule has 0 atom stereocenters. The number of hydrogen-bond donors (Lipinski definition) is 0. The molecule has 0 saturated carbocycles. The monoisotopic (exact) mass is 651 g/mol. The lowest BCUT2D eigenvalue weighted by Crippen LogP contribution is -2.03. The second-order valence-corrected chi connectivity index (χ2v) is 12.7. The molecule has 0 fully saturated rings. The fourth-order valence-electron chi connectivity index (χ4n) is 7.18. The van der Waals surface area contributed by atoms with Crippen LogP contribution < -0.4 is 0 Å². The van der Waals surface area contributed by atoms with Crippen LogP contribution in [-0.4, -0.2) is 24.5 Å². The van der Waals surface area contributed by atoms with Crippen LogP contribution in [0.15, 0.2) is 176 Å². The van der Waals surface area contributed by atoms with E-state index in [9.17, 15) is 0 Å². The summed E-state index contributed by atoms with van der Waals surface area (Å²) in [4.78, 5) is 20.3. The predicted octanol–water partition coefficient (Wildman–Crippen LogP) is 11.3. The lowest BCUT2D eigenvalue weighted by Gasteiger charge is -2.11. The Labute approximate surface area is 294 Å². The molecule has 0 bridgehead atoms. The molecule has 0 N–H and O–H groups in total. The third kappa shape index (κ3) is 5.03. The van der Waals surface area contributed by atoms with E-state index in [2.05, 4.69) is 138 Å². The van der Waals surface area contributed by atoms with Crippen molar-refractivity contribution in [2.75, 3.05) is 0 Å². The largest absolute Gasteiger partial charge is 0.294 e. The van der Waals surface area contributed by atoms with Gasteiger partial charge in [-0.1, -0.05) is 146 Å². The number of benzene rings is 7. The molecule has 0 saturated heterocycles. The minimum Gasteiger partial charge on any atom is -0.294 e. The third-order valence-electron chi connectivity index (χ3n) is 9.63. The van der Waals surface area contributed by atoms with Gasteiger partial charge in [-0.2, -0.15) is 0 Å². The van der Waals surface area contributed by atoms with Crippen molar-refractivity contribution in [2.45, 2.75) is 0 Å². The van der Waals surface area contributed by atoms with E-state index in [1.165, 1.54) is 32.5 Å². The molecule has 10 aromatic rings. The van der Waals surface area contributed by atoms with Crippen molar-refractivity contribution in [1.82, 2.24) is 24.5 Å². The molecule has 5 heteroatoms. The summed E-state index contributed by atoms with van der Waals surface area (Å²) in [6.07, 6.45) is 0. The van der Waals surface area contributed by atoms with Gasteiger partial charge >= 0.3 is 0 Å². The summed E-state index contributed by atoms with van der Waals surface area (Å²) in [6.45, 7) is 0. The molecule has 0 aliphatic carbocycles. The van der Waals surface area contributed by atoms with Gasteiger partial charge < -0.3 is 0 Å². The zero-order valence-electron chi connectivity index (χ0n) is 27.5. The van der Waals surface area contributed by atoms with E-state index in [4.69, 9.17) is 19.9 Å². The molecule has 0 spiro atoms. The highest BCUT2D eigenvalue weighted by atomic mass is 15.1. The fraction of sp³-hybridized carbons (Fsp3) is 0. The van der Waals surface area contributed by atoms with Gasteiger partial charge in [0.15, 0.2) is 17.5 Å². The second-order valence-electron chi connectivity index (χ2n) is 12.7. The smallest absolute Gasteiger partial charge is 0.182 e. The highest BCUT2D eigenvalue weighted by Crippen LogP contribution is 2.38. The molecule has 0 aliphatic heterocycles. The second kappa shape index (κ2) is 11.9. The molecule has 10 rings (SSSR count). The average molecular weight is 652 g/mol. The van der Waals surface area contributed by atoms with Gasteiger partial charge in [0, 0.05) is 21.9 Å². The van der Waals surface area contributed by atoms with Crippen LogP contribution in [0.1, 0.15) is 0 Å². The number of pyridine rings is 1. The SMILES string of the molecule is c1ccc(-c2ccc3c4c5ccccc5ccc4n(-c4cccc(-c5nc(-c6ccccc6)nc(-c6ccc7ccccc7c6)n5)n4)c3c2)cc1. The Morgan fingerprint density at radius 2 is 0.980 bits per heavy atom. The zero-order chi connectivity index (χ0) is 33.7. The van der Waals surface area contributed by atoms with Crippen LogP contribution in [0.2, 0.25) is 0 Å². The first-order valence-electron chi connectivity index (χ1n) is 17.1. The average Bonchev–Trinajstić information content (AvgIpc) is 3.55. The predicted molar refractivity (Wildman–Crippen MR) is 209 cm³/mol. The van der Waals surface area contributed by atoms with Crippen molar-refractivity contribution in [3.63, 3.8) is 0 Å². The summed E-state index contributed by atoms with van der Waals surface area (Å²) in [7, 11) is 0. The highest BCUT2D eigenvalue weighted by Gasteiger charge is 2.19. The van der Waals surface area contributed by atoms with Crippen LogP contribution in [0.3, 0.4) is 0 Å². The van der Waals surface area contributed by atoms with Gasteiger partial charge in [0.1, 0.15) is 11.5 Å². The van der Waals surface area contributed by atoms with E-state index in [0.717, 1.165) is 38.9 Å². The number of rotatable bonds is 5. The first-order chi connectivity index (χ1) is 25.3. The quantitative estimate of drug-likeness (QED) is 0.186. The Bertz CT molecular complexity index is 2910. The Balaban J connectivity index is 1.20. The van der Waals surface area contributed by atoms with Gasteiger partial charge in [-0.25, -0.2) is 19.9 Å². The molecule has 3 heterocycles. The number of aromatic nitrogens is 5.